The standard InChI is InChI=1S/C27H22Cl2F2N4O3S/c28-23-7-6-19(12-24(23)29)26-25(16-32-35(27(26)36)22-14-20(30)13-21(31)15-22)33-8-10-34(11-9-33)39(37,38)17-18-4-2-1-3-5-18/h1-7,12-16H,8-11,17H2. The van der Waals surface area contributed by atoms with E-state index in [1.165, 1.54) is 16.6 Å². The van der Waals surface area contributed by atoms with Gasteiger partial charge in [-0.1, -0.05) is 59.6 Å². The van der Waals surface area contributed by atoms with Gasteiger partial charge >= 0.3 is 0 Å². The Morgan fingerprint density at radius 3 is 2.15 bits per heavy atom. The van der Waals surface area contributed by atoms with Gasteiger partial charge in [-0.25, -0.2) is 17.2 Å². The Morgan fingerprint density at radius 2 is 1.51 bits per heavy atom. The van der Waals surface area contributed by atoms with Crippen molar-refractivity contribution in [1.29, 1.82) is 0 Å². The molecule has 3 aromatic carbocycles. The third-order valence-corrected chi connectivity index (χ3v) is 9.01. The van der Waals surface area contributed by atoms with Crippen molar-refractivity contribution < 1.29 is 17.2 Å². The molecule has 1 aliphatic rings. The van der Waals surface area contributed by atoms with Crippen LogP contribution in [0.3, 0.4) is 0 Å². The zero-order chi connectivity index (χ0) is 27.7. The second kappa shape index (κ2) is 11.1. The van der Waals surface area contributed by atoms with E-state index in [0.717, 1.165) is 16.8 Å². The van der Waals surface area contributed by atoms with Crippen molar-refractivity contribution in [2.45, 2.75) is 5.75 Å². The Labute approximate surface area is 233 Å². The Balaban J connectivity index is 1.50. The number of halogens is 4. The topological polar surface area (TPSA) is 75.5 Å². The second-order valence-corrected chi connectivity index (χ2v) is 11.8. The lowest BCUT2D eigenvalue weighted by Crippen LogP contribution is -2.49. The van der Waals surface area contributed by atoms with Crippen LogP contribution in [0, 0.1) is 11.6 Å². The Kier molecular flexibility index (Phi) is 7.73. The van der Waals surface area contributed by atoms with Crippen LogP contribution >= 0.6 is 23.2 Å². The fraction of sp³-hybridized carbons (Fsp3) is 0.185. The molecular weight excluding hydrogens is 569 g/mol. The molecule has 7 nitrogen and oxygen atoms in total. The summed E-state index contributed by atoms with van der Waals surface area (Å²) in [5.41, 5.74) is 1.04. The summed E-state index contributed by atoms with van der Waals surface area (Å²) in [6.07, 6.45) is 1.43. The van der Waals surface area contributed by atoms with Crippen LogP contribution in [0.5, 0.6) is 0 Å². The molecule has 0 spiro atoms. The fourth-order valence-electron chi connectivity index (χ4n) is 4.54. The number of rotatable bonds is 6. The van der Waals surface area contributed by atoms with E-state index in [4.69, 9.17) is 23.2 Å². The summed E-state index contributed by atoms with van der Waals surface area (Å²) < 4.78 is 56.2. The highest BCUT2D eigenvalue weighted by molar-refractivity contribution is 7.88. The van der Waals surface area contributed by atoms with E-state index in [-0.39, 0.29) is 35.1 Å². The maximum atomic E-state index is 13.9. The minimum Gasteiger partial charge on any atom is -0.367 e. The van der Waals surface area contributed by atoms with Crippen molar-refractivity contribution >= 4 is 38.9 Å². The van der Waals surface area contributed by atoms with Gasteiger partial charge in [0.15, 0.2) is 0 Å². The summed E-state index contributed by atoms with van der Waals surface area (Å²) in [5.74, 6) is -1.82. The average molecular weight is 591 g/mol. The Bertz CT molecular complexity index is 1670. The van der Waals surface area contributed by atoms with Gasteiger partial charge in [0.2, 0.25) is 10.0 Å². The molecule has 2 heterocycles. The van der Waals surface area contributed by atoms with E-state index < -0.39 is 27.2 Å². The first kappa shape index (κ1) is 27.3. The number of hydrogen-bond acceptors (Lipinski definition) is 5. The smallest absolute Gasteiger partial charge is 0.281 e. The highest BCUT2D eigenvalue weighted by Crippen LogP contribution is 2.33. The highest BCUT2D eigenvalue weighted by Gasteiger charge is 2.29. The third kappa shape index (κ3) is 5.84. The number of hydrogen-bond donors (Lipinski definition) is 0. The van der Waals surface area contributed by atoms with Gasteiger partial charge in [0.25, 0.3) is 5.56 Å². The van der Waals surface area contributed by atoms with Crippen LogP contribution < -0.4 is 10.5 Å². The zero-order valence-electron chi connectivity index (χ0n) is 20.4. The molecule has 202 valence electrons. The molecule has 0 N–H and O–H groups in total. The van der Waals surface area contributed by atoms with Crippen molar-refractivity contribution in [1.82, 2.24) is 14.1 Å². The van der Waals surface area contributed by atoms with Crippen LogP contribution in [0.25, 0.3) is 16.8 Å². The van der Waals surface area contributed by atoms with Gasteiger partial charge in [0.05, 0.1) is 38.9 Å². The van der Waals surface area contributed by atoms with E-state index >= 15 is 0 Å². The number of benzene rings is 3. The van der Waals surface area contributed by atoms with Crippen LogP contribution in [0.2, 0.25) is 10.0 Å². The van der Waals surface area contributed by atoms with Crippen LogP contribution in [-0.4, -0.2) is 48.7 Å². The van der Waals surface area contributed by atoms with Gasteiger partial charge in [-0.3, -0.25) is 4.79 Å². The molecule has 0 bridgehead atoms. The molecule has 39 heavy (non-hydrogen) atoms. The molecule has 1 saturated heterocycles. The van der Waals surface area contributed by atoms with Gasteiger partial charge in [0, 0.05) is 32.2 Å². The minimum absolute atomic E-state index is 0.0813. The Hall–Kier alpha value is -3.31. The molecule has 0 radical (unpaired) electrons. The summed E-state index contributed by atoms with van der Waals surface area (Å²) >= 11 is 12.3. The minimum atomic E-state index is -3.55. The lowest BCUT2D eigenvalue weighted by molar-refractivity contribution is 0.384. The molecule has 4 aromatic rings. The average Bonchev–Trinajstić information content (AvgIpc) is 2.90. The van der Waals surface area contributed by atoms with E-state index in [9.17, 15) is 22.0 Å². The highest BCUT2D eigenvalue weighted by atomic mass is 35.5. The molecule has 0 saturated carbocycles. The van der Waals surface area contributed by atoms with Gasteiger partial charge < -0.3 is 4.90 Å². The molecule has 1 aromatic heterocycles. The van der Waals surface area contributed by atoms with E-state index in [2.05, 4.69) is 5.10 Å². The monoisotopic (exact) mass is 590 g/mol. The summed E-state index contributed by atoms with van der Waals surface area (Å²) in [6.45, 7) is 0.993. The molecule has 12 heteroatoms. The summed E-state index contributed by atoms with van der Waals surface area (Å²) in [7, 11) is -3.55. The lowest BCUT2D eigenvalue weighted by Gasteiger charge is -2.36. The summed E-state index contributed by atoms with van der Waals surface area (Å²) in [6, 6.07) is 16.3. The Morgan fingerprint density at radius 1 is 0.846 bits per heavy atom. The molecular formula is C27H22Cl2F2N4O3S. The van der Waals surface area contributed by atoms with Crippen molar-refractivity contribution in [2.75, 3.05) is 31.1 Å². The van der Waals surface area contributed by atoms with Crippen molar-refractivity contribution in [3.63, 3.8) is 0 Å². The van der Waals surface area contributed by atoms with Gasteiger partial charge in [-0.05, 0) is 35.4 Å². The van der Waals surface area contributed by atoms with Crippen molar-refractivity contribution in [3.05, 3.63) is 111 Å². The lowest BCUT2D eigenvalue weighted by atomic mass is 10.0. The van der Waals surface area contributed by atoms with E-state index in [1.807, 2.05) is 11.0 Å². The van der Waals surface area contributed by atoms with Gasteiger partial charge in [-0.15, -0.1) is 0 Å². The fourth-order valence-corrected chi connectivity index (χ4v) is 6.35. The molecule has 0 aliphatic carbocycles. The quantitative estimate of drug-likeness (QED) is 0.311. The predicted octanol–water partition coefficient (Wildman–Crippen LogP) is 5.14. The molecule has 0 atom stereocenters. The maximum absolute atomic E-state index is 13.9. The number of aromatic nitrogens is 2. The van der Waals surface area contributed by atoms with Crippen molar-refractivity contribution in [3.8, 4) is 16.8 Å². The molecule has 1 fully saturated rings. The predicted molar refractivity (Wildman–Crippen MR) is 148 cm³/mol. The molecule has 0 amide bonds. The molecule has 5 rings (SSSR count). The van der Waals surface area contributed by atoms with Crippen LogP contribution in [0.1, 0.15) is 5.56 Å². The zero-order valence-corrected chi connectivity index (χ0v) is 22.7. The maximum Gasteiger partial charge on any atom is 0.281 e. The number of sulfonamides is 1. The summed E-state index contributed by atoms with van der Waals surface area (Å²) in [4.78, 5) is 15.6. The van der Waals surface area contributed by atoms with Crippen LogP contribution in [0.4, 0.5) is 14.5 Å². The second-order valence-electron chi connectivity index (χ2n) is 9.01. The third-order valence-electron chi connectivity index (χ3n) is 6.42. The first-order valence-electron chi connectivity index (χ1n) is 11.9. The number of nitrogens with zero attached hydrogens (tertiary/aromatic N) is 4. The SMILES string of the molecule is O=c1c(-c2ccc(Cl)c(Cl)c2)c(N2CCN(S(=O)(=O)Cc3ccccc3)CC2)cnn1-c1cc(F)cc(F)c1. The number of anilines is 1. The van der Waals surface area contributed by atoms with Crippen LogP contribution in [-0.2, 0) is 15.8 Å². The van der Waals surface area contributed by atoms with Gasteiger partial charge in [-0.2, -0.15) is 14.1 Å². The normalized spacial score (nSPS) is 14.5. The first-order valence-corrected chi connectivity index (χ1v) is 14.3. The van der Waals surface area contributed by atoms with Crippen LogP contribution in [0.15, 0.2) is 77.7 Å². The van der Waals surface area contributed by atoms with E-state index in [0.29, 0.717) is 41.0 Å². The van der Waals surface area contributed by atoms with E-state index in [1.54, 1.807) is 36.4 Å². The first-order chi connectivity index (χ1) is 18.6. The van der Waals surface area contributed by atoms with Crippen molar-refractivity contribution in [2.24, 2.45) is 0 Å². The van der Waals surface area contributed by atoms with Gasteiger partial charge in [0.1, 0.15) is 11.6 Å². The summed E-state index contributed by atoms with van der Waals surface area (Å²) in [5, 5.41) is 4.71. The molecule has 1 aliphatic heterocycles. The molecule has 0 unspecified atom stereocenters. The number of piperazine rings is 1. The largest absolute Gasteiger partial charge is 0.367 e.